The molecule has 0 heterocycles. The van der Waals surface area contributed by atoms with E-state index in [1.807, 2.05) is 18.2 Å². The van der Waals surface area contributed by atoms with Crippen molar-refractivity contribution in [3.05, 3.63) is 30.3 Å². The van der Waals surface area contributed by atoms with E-state index in [1.54, 1.807) is 39.8 Å². The number of rotatable bonds is 4. The highest BCUT2D eigenvalue weighted by Gasteiger charge is 2.21. The van der Waals surface area contributed by atoms with Crippen molar-refractivity contribution in [2.75, 3.05) is 0 Å². The molecule has 1 unspecified atom stereocenters. The number of benzene rings is 1. The monoisotopic (exact) mass is 238 g/mol. The van der Waals surface area contributed by atoms with Gasteiger partial charge in [-0.3, -0.25) is 4.89 Å². The molecule has 0 radical (unpaired) electrons. The largest absolute Gasteiger partial charge is 0.479 e. The number of hydrogen-bond donors (Lipinski definition) is 0. The van der Waals surface area contributed by atoms with E-state index < -0.39 is 17.7 Å². The smallest absolute Gasteiger partial charge is 0.382 e. The van der Waals surface area contributed by atoms with E-state index in [4.69, 9.17) is 9.62 Å². The summed E-state index contributed by atoms with van der Waals surface area (Å²) >= 11 is 0. The Kier molecular flexibility index (Phi) is 4.52. The first kappa shape index (κ1) is 13.5. The Morgan fingerprint density at radius 2 is 1.76 bits per heavy atom. The van der Waals surface area contributed by atoms with Gasteiger partial charge in [0.05, 0.1) is 0 Å². The number of hydrogen-bond acceptors (Lipinski definition) is 4. The van der Waals surface area contributed by atoms with Gasteiger partial charge in [0, 0.05) is 0 Å². The average molecular weight is 238 g/mol. The van der Waals surface area contributed by atoms with Gasteiger partial charge in [0.1, 0.15) is 11.4 Å². The molecule has 1 aromatic carbocycles. The van der Waals surface area contributed by atoms with Gasteiger partial charge >= 0.3 is 5.97 Å². The molecule has 0 N–H and O–H groups in total. The molecule has 1 atom stereocenters. The summed E-state index contributed by atoms with van der Waals surface area (Å²) in [4.78, 5) is 21.1. The van der Waals surface area contributed by atoms with Crippen LogP contribution >= 0.6 is 0 Å². The Hall–Kier alpha value is -1.55. The summed E-state index contributed by atoms with van der Waals surface area (Å²) < 4.78 is 5.39. The predicted octanol–water partition coefficient (Wildman–Crippen LogP) is 2.73. The van der Waals surface area contributed by atoms with Crippen LogP contribution < -0.4 is 4.74 Å². The molecule has 94 valence electrons. The van der Waals surface area contributed by atoms with Gasteiger partial charge in [-0.15, -0.1) is 0 Å². The predicted molar refractivity (Wildman–Crippen MR) is 63.5 cm³/mol. The Morgan fingerprint density at radius 3 is 2.29 bits per heavy atom. The first-order valence-corrected chi connectivity index (χ1v) is 5.50. The van der Waals surface area contributed by atoms with Crippen molar-refractivity contribution in [1.29, 1.82) is 0 Å². The van der Waals surface area contributed by atoms with E-state index in [0.29, 0.717) is 5.75 Å². The molecule has 0 amide bonds. The molecular weight excluding hydrogens is 220 g/mol. The molecule has 17 heavy (non-hydrogen) atoms. The Labute approximate surface area is 101 Å². The van der Waals surface area contributed by atoms with Crippen molar-refractivity contribution in [1.82, 2.24) is 0 Å². The van der Waals surface area contributed by atoms with Crippen LogP contribution in [0.2, 0.25) is 0 Å². The van der Waals surface area contributed by atoms with E-state index >= 15 is 0 Å². The van der Waals surface area contributed by atoms with Crippen LogP contribution in [0, 0.1) is 0 Å². The SMILES string of the molecule is CC(Oc1ccccc1)C(=O)OOC(C)(C)C. The summed E-state index contributed by atoms with van der Waals surface area (Å²) in [5.41, 5.74) is -0.526. The lowest BCUT2D eigenvalue weighted by molar-refractivity contribution is -0.323. The minimum Gasteiger partial charge on any atom is -0.479 e. The summed E-state index contributed by atoms with van der Waals surface area (Å²) in [5.74, 6) is 0.0662. The summed E-state index contributed by atoms with van der Waals surface area (Å²) in [6.07, 6.45) is -0.709. The number of carbonyl (C=O) groups excluding carboxylic acids is 1. The molecule has 0 saturated heterocycles. The maximum atomic E-state index is 11.5. The molecule has 0 aliphatic carbocycles. The molecule has 4 nitrogen and oxygen atoms in total. The van der Waals surface area contributed by atoms with Gasteiger partial charge in [-0.1, -0.05) is 18.2 Å². The first-order valence-electron chi connectivity index (χ1n) is 5.50. The summed E-state index contributed by atoms with van der Waals surface area (Å²) in [7, 11) is 0. The van der Waals surface area contributed by atoms with Crippen LogP contribution in [0.15, 0.2) is 30.3 Å². The number of carbonyl (C=O) groups is 1. The van der Waals surface area contributed by atoms with Gasteiger partial charge in [0.15, 0.2) is 6.10 Å². The van der Waals surface area contributed by atoms with Gasteiger partial charge in [0.2, 0.25) is 0 Å². The molecule has 0 spiro atoms. The normalized spacial score (nSPS) is 12.9. The minimum absolute atomic E-state index is 0.526. The molecule has 0 fully saturated rings. The second kappa shape index (κ2) is 5.68. The number of para-hydroxylation sites is 1. The van der Waals surface area contributed by atoms with Crippen molar-refractivity contribution >= 4 is 5.97 Å². The van der Waals surface area contributed by atoms with Crippen molar-refractivity contribution in [2.24, 2.45) is 0 Å². The van der Waals surface area contributed by atoms with E-state index in [0.717, 1.165) is 0 Å². The Balaban J connectivity index is 2.43. The number of ether oxygens (including phenoxy) is 1. The molecule has 0 aliphatic heterocycles. The van der Waals surface area contributed by atoms with Gasteiger partial charge in [-0.05, 0) is 39.8 Å². The lowest BCUT2D eigenvalue weighted by atomic mass is 10.2. The fourth-order valence-electron chi connectivity index (χ4n) is 0.985. The van der Waals surface area contributed by atoms with Crippen molar-refractivity contribution < 1.29 is 19.3 Å². The second-order valence-corrected chi connectivity index (χ2v) is 4.67. The van der Waals surface area contributed by atoms with E-state index in [2.05, 4.69) is 4.89 Å². The lowest BCUT2D eigenvalue weighted by Crippen LogP contribution is -2.30. The molecule has 0 bridgehead atoms. The van der Waals surface area contributed by atoms with Crippen molar-refractivity contribution in [2.45, 2.75) is 39.4 Å². The zero-order chi connectivity index (χ0) is 12.9. The van der Waals surface area contributed by atoms with Crippen LogP contribution in [0.1, 0.15) is 27.7 Å². The van der Waals surface area contributed by atoms with E-state index in [9.17, 15) is 4.79 Å². The third-order valence-corrected chi connectivity index (χ3v) is 1.76. The zero-order valence-electron chi connectivity index (χ0n) is 10.6. The highest BCUT2D eigenvalue weighted by Crippen LogP contribution is 2.13. The highest BCUT2D eigenvalue weighted by molar-refractivity contribution is 5.74. The molecule has 1 aromatic rings. The summed E-state index contributed by atoms with van der Waals surface area (Å²) in [6, 6.07) is 9.08. The third kappa shape index (κ3) is 5.36. The van der Waals surface area contributed by atoms with E-state index in [1.165, 1.54) is 0 Å². The van der Waals surface area contributed by atoms with Crippen LogP contribution in [0.3, 0.4) is 0 Å². The average Bonchev–Trinajstić information content (AvgIpc) is 2.26. The zero-order valence-corrected chi connectivity index (χ0v) is 10.6. The van der Waals surface area contributed by atoms with E-state index in [-0.39, 0.29) is 0 Å². The third-order valence-electron chi connectivity index (χ3n) is 1.76. The Morgan fingerprint density at radius 1 is 1.18 bits per heavy atom. The highest BCUT2D eigenvalue weighted by atomic mass is 17.2. The van der Waals surface area contributed by atoms with Gasteiger partial charge in [-0.25, -0.2) is 4.79 Å². The molecule has 0 aliphatic rings. The first-order chi connectivity index (χ1) is 7.88. The molecular formula is C13H18O4. The molecule has 0 aromatic heterocycles. The minimum atomic E-state index is -0.709. The van der Waals surface area contributed by atoms with Gasteiger partial charge in [-0.2, -0.15) is 4.89 Å². The summed E-state index contributed by atoms with van der Waals surface area (Å²) in [5, 5.41) is 0. The maximum Gasteiger partial charge on any atom is 0.382 e. The lowest BCUT2D eigenvalue weighted by Gasteiger charge is -2.19. The summed E-state index contributed by atoms with van der Waals surface area (Å²) in [6.45, 7) is 7.00. The maximum absolute atomic E-state index is 11.5. The fourth-order valence-corrected chi connectivity index (χ4v) is 0.985. The quantitative estimate of drug-likeness (QED) is 0.597. The van der Waals surface area contributed by atoms with Crippen molar-refractivity contribution in [3.8, 4) is 5.75 Å². The standard InChI is InChI=1S/C13H18O4/c1-10(12(14)16-17-13(2,3)4)15-11-8-6-5-7-9-11/h5-10H,1-4H3. The van der Waals surface area contributed by atoms with Crippen LogP contribution in [0.4, 0.5) is 0 Å². The Bertz CT molecular complexity index is 353. The topological polar surface area (TPSA) is 44.8 Å². The van der Waals surface area contributed by atoms with Crippen LogP contribution in [-0.2, 0) is 14.6 Å². The van der Waals surface area contributed by atoms with Gasteiger partial charge in [0.25, 0.3) is 0 Å². The fraction of sp³-hybridized carbons (Fsp3) is 0.462. The van der Waals surface area contributed by atoms with Crippen LogP contribution in [-0.4, -0.2) is 17.7 Å². The molecule has 1 rings (SSSR count). The second-order valence-electron chi connectivity index (χ2n) is 4.67. The molecule has 4 heteroatoms. The van der Waals surface area contributed by atoms with Crippen LogP contribution in [0.25, 0.3) is 0 Å². The van der Waals surface area contributed by atoms with Crippen molar-refractivity contribution in [3.63, 3.8) is 0 Å². The van der Waals surface area contributed by atoms with Crippen LogP contribution in [0.5, 0.6) is 5.75 Å². The molecule has 0 saturated carbocycles. The van der Waals surface area contributed by atoms with Gasteiger partial charge < -0.3 is 4.74 Å².